The Morgan fingerprint density at radius 2 is 1.14 bits per heavy atom. The van der Waals surface area contributed by atoms with Gasteiger partial charge in [-0.25, -0.2) is 0 Å². The largest absolute Gasteiger partial charge is 0.126 e. The summed E-state index contributed by atoms with van der Waals surface area (Å²) in [6.45, 7) is 2.14. The van der Waals surface area contributed by atoms with Crippen LogP contribution in [-0.4, -0.2) is 11.5 Å². The van der Waals surface area contributed by atoms with E-state index in [0.29, 0.717) is 0 Å². The molecule has 2 heteroatoms. The quantitative estimate of drug-likeness (QED) is 0.385. The third-order valence-corrected chi connectivity index (χ3v) is 5.54. The van der Waals surface area contributed by atoms with E-state index in [1.54, 1.807) is 0 Å². The van der Waals surface area contributed by atoms with Crippen LogP contribution in [0.4, 0.5) is 0 Å². The van der Waals surface area contributed by atoms with Crippen LogP contribution in [0.3, 0.4) is 0 Å². The molecule has 0 saturated carbocycles. The van der Waals surface area contributed by atoms with Crippen LogP contribution in [0.15, 0.2) is 64.4 Å². The highest BCUT2D eigenvalue weighted by molar-refractivity contribution is 7.99. The van der Waals surface area contributed by atoms with Crippen molar-refractivity contribution in [2.24, 2.45) is 0 Å². The molecule has 0 aromatic heterocycles. The van der Waals surface area contributed by atoms with Gasteiger partial charge >= 0.3 is 0 Å². The van der Waals surface area contributed by atoms with Crippen LogP contribution in [-0.2, 0) is 0 Å². The third-order valence-electron chi connectivity index (χ3n) is 3.34. The zero-order valence-corrected chi connectivity index (χ0v) is 14.4. The zero-order chi connectivity index (χ0) is 14.8. The maximum atomic E-state index is 2.23. The Balaban J connectivity index is 1.46. The summed E-state index contributed by atoms with van der Waals surface area (Å²) in [5.41, 5.74) is 1.34. The minimum atomic E-state index is 1.24. The Morgan fingerprint density at radius 3 is 1.71 bits per heavy atom. The van der Waals surface area contributed by atoms with Crippen molar-refractivity contribution in [1.29, 1.82) is 0 Å². The van der Waals surface area contributed by atoms with E-state index in [9.17, 15) is 0 Å². The molecule has 0 radical (unpaired) electrons. The standard InChI is InChI=1S/C19H24S2/c1-17-11-13-19(14-12-17)21-16-8-3-2-7-15-20-18-9-5-4-6-10-18/h4-6,9-14H,2-3,7-8,15-16H2,1H3. The fourth-order valence-corrected chi connectivity index (χ4v) is 3.94. The van der Waals surface area contributed by atoms with Crippen LogP contribution in [0.1, 0.15) is 31.2 Å². The number of unbranched alkanes of at least 4 members (excludes halogenated alkanes) is 3. The molecule has 0 unspecified atom stereocenters. The van der Waals surface area contributed by atoms with E-state index < -0.39 is 0 Å². The van der Waals surface area contributed by atoms with Gasteiger partial charge in [-0.15, -0.1) is 23.5 Å². The molecule has 0 aliphatic carbocycles. The Kier molecular flexibility index (Phi) is 7.83. The summed E-state index contributed by atoms with van der Waals surface area (Å²) < 4.78 is 0. The van der Waals surface area contributed by atoms with Gasteiger partial charge in [0.25, 0.3) is 0 Å². The zero-order valence-electron chi connectivity index (χ0n) is 12.8. The van der Waals surface area contributed by atoms with Crippen LogP contribution < -0.4 is 0 Å². The predicted octanol–water partition coefficient (Wildman–Crippen LogP) is 6.44. The lowest BCUT2D eigenvalue weighted by Crippen LogP contribution is -1.85. The van der Waals surface area contributed by atoms with E-state index in [2.05, 4.69) is 61.5 Å². The maximum absolute atomic E-state index is 2.23. The Morgan fingerprint density at radius 1 is 0.619 bits per heavy atom. The molecule has 0 N–H and O–H groups in total. The molecule has 2 aromatic carbocycles. The second-order valence-corrected chi connectivity index (χ2v) is 7.57. The lowest BCUT2D eigenvalue weighted by Gasteiger charge is -2.03. The predicted molar refractivity (Wildman–Crippen MR) is 97.5 cm³/mol. The Hall–Kier alpha value is -0.860. The molecule has 21 heavy (non-hydrogen) atoms. The highest BCUT2D eigenvalue weighted by Crippen LogP contribution is 2.21. The molecule has 0 aliphatic heterocycles. The first kappa shape index (κ1) is 16.5. The maximum Gasteiger partial charge on any atom is 0.00721 e. The van der Waals surface area contributed by atoms with Crippen molar-refractivity contribution in [3.63, 3.8) is 0 Å². The molecule has 0 aliphatic rings. The molecule has 0 heterocycles. The number of rotatable bonds is 9. The summed E-state index contributed by atoms with van der Waals surface area (Å²) in [6.07, 6.45) is 5.37. The van der Waals surface area contributed by atoms with Crippen LogP contribution in [0.2, 0.25) is 0 Å². The minimum absolute atomic E-state index is 1.24. The molecular formula is C19H24S2. The Labute approximate surface area is 137 Å². The van der Waals surface area contributed by atoms with Crippen molar-refractivity contribution in [1.82, 2.24) is 0 Å². The molecule has 0 spiro atoms. The third kappa shape index (κ3) is 7.10. The van der Waals surface area contributed by atoms with Gasteiger partial charge in [0.2, 0.25) is 0 Å². The second kappa shape index (κ2) is 9.97. The first-order valence-corrected chi connectivity index (χ1v) is 9.69. The fourth-order valence-electron chi connectivity index (χ4n) is 2.09. The van der Waals surface area contributed by atoms with Crippen LogP contribution >= 0.6 is 23.5 Å². The van der Waals surface area contributed by atoms with E-state index in [1.165, 1.54) is 52.5 Å². The van der Waals surface area contributed by atoms with E-state index >= 15 is 0 Å². The lowest BCUT2D eigenvalue weighted by molar-refractivity contribution is 0.711. The van der Waals surface area contributed by atoms with Gasteiger partial charge in [0.1, 0.15) is 0 Å². The SMILES string of the molecule is Cc1ccc(SCCCCCCSc2ccccc2)cc1. The molecule has 0 amide bonds. The van der Waals surface area contributed by atoms with E-state index in [4.69, 9.17) is 0 Å². The molecule has 2 aromatic rings. The van der Waals surface area contributed by atoms with Crippen molar-refractivity contribution in [2.75, 3.05) is 11.5 Å². The summed E-state index contributed by atoms with van der Waals surface area (Å²) in [5, 5.41) is 0. The fraction of sp³-hybridized carbons (Fsp3) is 0.368. The topological polar surface area (TPSA) is 0 Å². The summed E-state index contributed by atoms with van der Waals surface area (Å²) in [5.74, 6) is 2.49. The van der Waals surface area contributed by atoms with Crippen LogP contribution in [0.25, 0.3) is 0 Å². The minimum Gasteiger partial charge on any atom is -0.126 e. The number of hydrogen-bond donors (Lipinski definition) is 0. The number of thioether (sulfide) groups is 2. The van der Waals surface area contributed by atoms with Crippen molar-refractivity contribution in [2.45, 2.75) is 42.4 Å². The molecular weight excluding hydrogens is 292 g/mol. The van der Waals surface area contributed by atoms with Gasteiger partial charge in [-0.1, -0.05) is 48.7 Å². The summed E-state index contributed by atoms with van der Waals surface area (Å²) >= 11 is 3.96. The lowest BCUT2D eigenvalue weighted by atomic mass is 10.2. The van der Waals surface area contributed by atoms with Gasteiger partial charge in [-0.3, -0.25) is 0 Å². The molecule has 0 atom stereocenters. The molecule has 2 rings (SSSR count). The smallest absolute Gasteiger partial charge is 0.00721 e. The molecule has 0 fully saturated rings. The van der Waals surface area contributed by atoms with E-state index in [-0.39, 0.29) is 0 Å². The number of aryl methyl sites for hydroxylation is 1. The molecule has 0 saturated heterocycles. The van der Waals surface area contributed by atoms with Crippen molar-refractivity contribution < 1.29 is 0 Å². The summed E-state index contributed by atoms with van der Waals surface area (Å²) in [4.78, 5) is 2.80. The van der Waals surface area contributed by atoms with Crippen LogP contribution in [0.5, 0.6) is 0 Å². The summed E-state index contributed by atoms with van der Waals surface area (Å²) in [7, 11) is 0. The van der Waals surface area contributed by atoms with Crippen molar-refractivity contribution in [3.05, 3.63) is 60.2 Å². The summed E-state index contributed by atoms with van der Waals surface area (Å²) in [6, 6.07) is 19.6. The highest BCUT2D eigenvalue weighted by Gasteiger charge is 1.96. The van der Waals surface area contributed by atoms with Gasteiger partial charge in [0.05, 0.1) is 0 Å². The van der Waals surface area contributed by atoms with Gasteiger partial charge in [0, 0.05) is 9.79 Å². The van der Waals surface area contributed by atoms with Crippen molar-refractivity contribution in [3.8, 4) is 0 Å². The van der Waals surface area contributed by atoms with Gasteiger partial charge in [-0.2, -0.15) is 0 Å². The molecule has 0 nitrogen and oxygen atoms in total. The van der Waals surface area contributed by atoms with E-state index in [0.717, 1.165) is 0 Å². The monoisotopic (exact) mass is 316 g/mol. The molecule has 0 bridgehead atoms. The average molecular weight is 317 g/mol. The average Bonchev–Trinajstić information content (AvgIpc) is 2.53. The van der Waals surface area contributed by atoms with Gasteiger partial charge in [0.15, 0.2) is 0 Å². The van der Waals surface area contributed by atoms with Crippen LogP contribution in [0, 0.1) is 6.92 Å². The van der Waals surface area contributed by atoms with E-state index in [1.807, 2.05) is 23.5 Å². The highest BCUT2D eigenvalue weighted by atomic mass is 32.2. The first-order valence-electron chi connectivity index (χ1n) is 7.72. The normalized spacial score (nSPS) is 10.7. The second-order valence-electron chi connectivity index (χ2n) is 5.24. The van der Waals surface area contributed by atoms with Gasteiger partial charge in [-0.05, 0) is 55.5 Å². The van der Waals surface area contributed by atoms with Crippen molar-refractivity contribution >= 4 is 23.5 Å². The molecule has 112 valence electrons. The van der Waals surface area contributed by atoms with Gasteiger partial charge < -0.3 is 0 Å². The number of hydrogen-bond acceptors (Lipinski definition) is 2. The number of benzene rings is 2. The first-order chi connectivity index (χ1) is 10.3. The Bertz CT molecular complexity index is 491.